The van der Waals surface area contributed by atoms with Crippen molar-refractivity contribution < 1.29 is 14.3 Å². The highest BCUT2D eigenvalue weighted by molar-refractivity contribution is 7.10. The van der Waals surface area contributed by atoms with E-state index in [1.54, 1.807) is 18.2 Å². The second-order valence-corrected chi connectivity index (χ2v) is 8.59. The number of halogens is 2. The number of Topliss-reactive ketones (excluding diaryl/α,β-unsaturated/α-hetero) is 1. The monoisotopic (exact) mass is 475 g/mol. The normalized spacial score (nSPS) is 11.7. The number of benzene rings is 2. The molecule has 3 rings (SSSR count). The maximum Gasteiger partial charge on any atom is 0.242 e. The van der Waals surface area contributed by atoms with Gasteiger partial charge in [0.05, 0.1) is 12.1 Å². The van der Waals surface area contributed by atoms with Crippen molar-refractivity contribution in [2.24, 2.45) is 0 Å². The molecular weight excluding hydrogens is 453 g/mol. The quantitative estimate of drug-likeness (QED) is 0.322. The van der Waals surface area contributed by atoms with Crippen LogP contribution in [0.1, 0.15) is 29.3 Å². The van der Waals surface area contributed by atoms with Gasteiger partial charge in [-0.15, -0.1) is 22.9 Å². The van der Waals surface area contributed by atoms with Crippen LogP contribution in [0, 0.1) is 0 Å². The van der Waals surface area contributed by atoms with Gasteiger partial charge in [0.15, 0.2) is 5.78 Å². The molecule has 1 aromatic heterocycles. The molecule has 0 saturated carbocycles. The lowest BCUT2D eigenvalue weighted by atomic mass is 10.0. The zero-order chi connectivity index (χ0) is 22.2. The molecule has 31 heavy (non-hydrogen) atoms. The number of carbonyl (C=O) groups excluding carboxylic acids is 2. The summed E-state index contributed by atoms with van der Waals surface area (Å²) in [5, 5.41) is 2.25. The Morgan fingerprint density at radius 3 is 2.48 bits per heavy atom. The van der Waals surface area contributed by atoms with E-state index in [0.29, 0.717) is 29.3 Å². The van der Waals surface area contributed by atoms with Gasteiger partial charge in [-0.25, -0.2) is 0 Å². The third kappa shape index (κ3) is 5.88. The molecule has 0 saturated heterocycles. The summed E-state index contributed by atoms with van der Waals surface area (Å²) in [7, 11) is 1.52. The van der Waals surface area contributed by atoms with Crippen molar-refractivity contribution in [2.45, 2.75) is 25.3 Å². The van der Waals surface area contributed by atoms with Crippen molar-refractivity contribution in [3.05, 3.63) is 81.5 Å². The Kier molecular flexibility index (Phi) is 8.52. The van der Waals surface area contributed by atoms with E-state index in [-0.39, 0.29) is 17.6 Å². The van der Waals surface area contributed by atoms with Gasteiger partial charge in [-0.05, 0) is 48.1 Å². The molecule has 162 valence electrons. The minimum absolute atomic E-state index is 0.0382. The molecule has 0 aliphatic heterocycles. The summed E-state index contributed by atoms with van der Waals surface area (Å²) in [6.07, 6.45) is 1.83. The molecule has 0 radical (unpaired) electrons. The predicted molar refractivity (Wildman–Crippen MR) is 128 cm³/mol. The van der Waals surface area contributed by atoms with Crippen LogP contribution in [0.4, 0.5) is 5.69 Å². The first-order valence-corrected chi connectivity index (χ1v) is 11.7. The Bertz CT molecular complexity index is 1010. The van der Waals surface area contributed by atoms with Crippen molar-refractivity contribution in [1.82, 2.24) is 0 Å². The lowest BCUT2D eigenvalue weighted by Gasteiger charge is -2.30. The fourth-order valence-electron chi connectivity index (χ4n) is 3.43. The summed E-state index contributed by atoms with van der Waals surface area (Å²) in [6.45, 7) is 0. The number of hydrogen-bond acceptors (Lipinski definition) is 4. The molecule has 0 spiro atoms. The van der Waals surface area contributed by atoms with Crippen LogP contribution in [0.5, 0.6) is 5.75 Å². The van der Waals surface area contributed by atoms with Gasteiger partial charge in [-0.2, -0.15) is 0 Å². The minimum Gasteiger partial charge on any atom is -0.495 e. The molecule has 1 atom stereocenters. The van der Waals surface area contributed by atoms with E-state index in [1.165, 1.54) is 28.9 Å². The summed E-state index contributed by atoms with van der Waals surface area (Å²) < 4.78 is 5.22. The van der Waals surface area contributed by atoms with Crippen LogP contribution in [0.15, 0.2) is 66.0 Å². The van der Waals surface area contributed by atoms with Gasteiger partial charge < -0.3 is 4.74 Å². The molecule has 0 N–H and O–H groups in total. The van der Waals surface area contributed by atoms with Crippen molar-refractivity contribution in [2.75, 3.05) is 17.9 Å². The van der Waals surface area contributed by atoms with Crippen LogP contribution in [0.3, 0.4) is 0 Å². The van der Waals surface area contributed by atoms with Crippen LogP contribution in [0.2, 0.25) is 5.02 Å². The van der Waals surface area contributed by atoms with Crippen molar-refractivity contribution in [1.29, 1.82) is 0 Å². The van der Waals surface area contributed by atoms with Crippen molar-refractivity contribution in [3.63, 3.8) is 0 Å². The van der Waals surface area contributed by atoms with Gasteiger partial charge in [0, 0.05) is 17.0 Å². The Morgan fingerprint density at radius 1 is 1.10 bits per heavy atom. The van der Waals surface area contributed by atoms with E-state index in [4.69, 9.17) is 27.9 Å². The van der Waals surface area contributed by atoms with E-state index in [0.717, 1.165) is 11.3 Å². The minimum atomic E-state index is -0.758. The largest absolute Gasteiger partial charge is 0.495 e. The first-order valence-electron chi connectivity index (χ1n) is 9.86. The zero-order valence-corrected chi connectivity index (χ0v) is 19.4. The third-order valence-corrected chi connectivity index (χ3v) is 6.35. The molecule has 2 aromatic carbocycles. The fraction of sp³-hybridized carbons (Fsp3) is 0.250. The second kappa shape index (κ2) is 11.3. The lowest BCUT2D eigenvalue weighted by molar-refractivity contribution is -0.124. The van der Waals surface area contributed by atoms with Gasteiger partial charge in [0.25, 0.3) is 0 Å². The van der Waals surface area contributed by atoms with E-state index in [1.807, 2.05) is 47.8 Å². The number of hydrogen-bond donors (Lipinski definition) is 0. The highest BCUT2D eigenvalue weighted by Gasteiger charge is 2.32. The zero-order valence-electron chi connectivity index (χ0n) is 17.1. The number of carbonyl (C=O) groups is 2. The van der Waals surface area contributed by atoms with Crippen molar-refractivity contribution in [3.8, 4) is 5.75 Å². The third-order valence-electron chi connectivity index (χ3n) is 4.90. The van der Waals surface area contributed by atoms with Crippen LogP contribution in [-0.4, -0.2) is 24.7 Å². The summed E-state index contributed by atoms with van der Waals surface area (Å²) in [4.78, 5) is 28.5. The lowest BCUT2D eigenvalue weighted by Crippen LogP contribution is -2.39. The molecule has 0 bridgehead atoms. The number of alkyl halides is 1. The number of anilines is 1. The van der Waals surface area contributed by atoms with Crippen LogP contribution < -0.4 is 9.64 Å². The van der Waals surface area contributed by atoms with Crippen molar-refractivity contribution >= 4 is 51.9 Å². The van der Waals surface area contributed by atoms with Gasteiger partial charge in [-0.1, -0.05) is 48.0 Å². The van der Waals surface area contributed by atoms with E-state index >= 15 is 0 Å². The molecule has 0 aliphatic carbocycles. The first kappa shape index (κ1) is 23.3. The van der Waals surface area contributed by atoms with Gasteiger partial charge in [0.1, 0.15) is 17.7 Å². The summed E-state index contributed by atoms with van der Waals surface area (Å²) in [6, 6.07) is 18.0. The molecule has 1 amide bonds. The fourth-order valence-corrected chi connectivity index (χ4v) is 4.65. The molecule has 1 heterocycles. The smallest absolute Gasteiger partial charge is 0.242 e. The Balaban J connectivity index is 1.89. The van der Waals surface area contributed by atoms with Gasteiger partial charge in [-0.3, -0.25) is 14.5 Å². The average molecular weight is 476 g/mol. The number of thiophene rings is 1. The molecule has 7 heteroatoms. The molecule has 0 aliphatic rings. The van der Waals surface area contributed by atoms with E-state index in [2.05, 4.69) is 0 Å². The predicted octanol–water partition coefficient (Wildman–Crippen LogP) is 6.32. The molecule has 0 fully saturated rings. The number of ether oxygens (including phenoxy) is 1. The standard InChI is InChI=1S/C24H23Cl2NO3S/c1-30-21-13-12-18(15-19(21)26)27(23(29)16-25)24(22-11-6-14-31-22)20(28)10-5-9-17-7-3-2-4-8-17/h2-4,6-8,11-15,24H,5,9-10,16H2,1H3. The molecule has 4 nitrogen and oxygen atoms in total. The second-order valence-electron chi connectivity index (χ2n) is 6.94. The maximum absolute atomic E-state index is 13.4. The number of methoxy groups -OCH3 is 1. The number of rotatable bonds is 10. The van der Waals surface area contributed by atoms with E-state index in [9.17, 15) is 9.59 Å². The van der Waals surface area contributed by atoms with Gasteiger partial charge in [0.2, 0.25) is 5.91 Å². The molecular formula is C24H23Cl2NO3S. The number of nitrogens with zero attached hydrogens (tertiary/aromatic N) is 1. The summed E-state index contributed by atoms with van der Waals surface area (Å²) in [5.41, 5.74) is 1.69. The Morgan fingerprint density at radius 2 is 1.87 bits per heavy atom. The van der Waals surface area contributed by atoms with Crippen LogP contribution in [-0.2, 0) is 16.0 Å². The highest BCUT2D eigenvalue weighted by Crippen LogP contribution is 2.36. The number of amides is 1. The summed E-state index contributed by atoms with van der Waals surface area (Å²) in [5.74, 6) is -0.157. The Hall–Kier alpha value is -2.34. The summed E-state index contributed by atoms with van der Waals surface area (Å²) >= 11 is 13.7. The topological polar surface area (TPSA) is 46.6 Å². The van der Waals surface area contributed by atoms with Crippen LogP contribution >= 0.6 is 34.5 Å². The SMILES string of the molecule is COc1ccc(N(C(=O)CCl)C(C(=O)CCCc2ccccc2)c2cccs2)cc1Cl. The number of aryl methyl sites for hydroxylation is 1. The number of ketones is 1. The van der Waals surface area contributed by atoms with Gasteiger partial charge >= 0.3 is 0 Å². The average Bonchev–Trinajstić information content (AvgIpc) is 3.31. The molecule has 1 unspecified atom stereocenters. The Labute approximate surface area is 196 Å². The van der Waals surface area contributed by atoms with E-state index < -0.39 is 6.04 Å². The first-order chi connectivity index (χ1) is 15.0. The maximum atomic E-state index is 13.4. The van der Waals surface area contributed by atoms with Crippen LogP contribution in [0.25, 0.3) is 0 Å². The highest BCUT2D eigenvalue weighted by atomic mass is 35.5. The molecule has 3 aromatic rings.